The fourth-order valence-electron chi connectivity index (χ4n) is 2.37. The molecule has 3 aromatic rings. The number of amides is 1. The van der Waals surface area contributed by atoms with Crippen LogP contribution < -0.4 is 10.6 Å². The summed E-state index contributed by atoms with van der Waals surface area (Å²) in [6.07, 6.45) is -4.59. The quantitative estimate of drug-likeness (QED) is 0.630. The Kier molecular flexibility index (Phi) is 5.53. The average molecular weight is 390 g/mol. The fourth-order valence-corrected chi connectivity index (χ4v) is 2.37. The standard InChI is InChI=1S/C19H14F4N4O/c20-13-7-5-12(6-8-13)11-24-17-10-9-16(26-27-17)18(28)25-15-4-2-1-3-14(15)19(21,22)23/h1-10H,11H2,(H,24,27)(H,25,28). The number of carbonyl (C=O) groups excluding carboxylic acids is 1. The average Bonchev–Trinajstić information content (AvgIpc) is 2.67. The van der Waals surface area contributed by atoms with Gasteiger partial charge < -0.3 is 10.6 Å². The lowest BCUT2D eigenvalue weighted by atomic mass is 10.1. The van der Waals surface area contributed by atoms with E-state index in [1.54, 1.807) is 12.1 Å². The van der Waals surface area contributed by atoms with Crippen molar-refractivity contribution in [3.63, 3.8) is 0 Å². The lowest BCUT2D eigenvalue weighted by molar-refractivity contribution is -0.136. The molecule has 1 heterocycles. The van der Waals surface area contributed by atoms with Gasteiger partial charge in [-0.25, -0.2) is 4.39 Å². The maximum Gasteiger partial charge on any atom is 0.418 e. The smallest absolute Gasteiger partial charge is 0.365 e. The minimum absolute atomic E-state index is 0.135. The van der Waals surface area contributed by atoms with Gasteiger partial charge in [0, 0.05) is 6.54 Å². The molecule has 2 aromatic carbocycles. The first-order valence-corrected chi connectivity index (χ1v) is 8.12. The van der Waals surface area contributed by atoms with E-state index >= 15 is 0 Å². The third-order valence-corrected chi connectivity index (χ3v) is 3.76. The summed E-state index contributed by atoms with van der Waals surface area (Å²) in [6.45, 7) is 0.361. The molecule has 0 spiro atoms. The molecule has 0 radical (unpaired) electrons. The van der Waals surface area contributed by atoms with Gasteiger partial charge in [-0.2, -0.15) is 13.2 Å². The molecule has 0 saturated carbocycles. The molecule has 0 aliphatic heterocycles. The van der Waals surface area contributed by atoms with E-state index in [0.29, 0.717) is 12.4 Å². The van der Waals surface area contributed by atoms with Crippen LogP contribution in [-0.2, 0) is 12.7 Å². The molecular formula is C19H14F4N4O. The Morgan fingerprint density at radius 2 is 1.64 bits per heavy atom. The van der Waals surface area contributed by atoms with Crippen molar-refractivity contribution in [2.75, 3.05) is 10.6 Å². The molecule has 1 aromatic heterocycles. The van der Waals surface area contributed by atoms with Crippen molar-refractivity contribution in [3.05, 3.63) is 83.3 Å². The van der Waals surface area contributed by atoms with Gasteiger partial charge in [-0.15, -0.1) is 10.2 Å². The molecule has 0 unspecified atom stereocenters. The largest absolute Gasteiger partial charge is 0.418 e. The predicted molar refractivity (Wildman–Crippen MR) is 95.2 cm³/mol. The number of rotatable bonds is 5. The highest BCUT2D eigenvalue weighted by Gasteiger charge is 2.33. The van der Waals surface area contributed by atoms with Gasteiger partial charge in [0.05, 0.1) is 11.3 Å². The Balaban J connectivity index is 1.65. The minimum Gasteiger partial charge on any atom is -0.365 e. The summed E-state index contributed by atoms with van der Waals surface area (Å²) in [5.74, 6) is -0.795. The first kappa shape index (κ1) is 19.3. The molecular weight excluding hydrogens is 376 g/mol. The summed E-state index contributed by atoms with van der Waals surface area (Å²) >= 11 is 0. The Labute approximate surface area is 157 Å². The maximum absolute atomic E-state index is 13.0. The number of hydrogen-bond acceptors (Lipinski definition) is 4. The highest BCUT2D eigenvalue weighted by Crippen LogP contribution is 2.34. The molecule has 0 saturated heterocycles. The number of carbonyl (C=O) groups is 1. The molecule has 0 bridgehead atoms. The van der Waals surface area contributed by atoms with Gasteiger partial charge in [0.25, 0.3) is 5.91 Å². The number of alkyl halides is 3. The molecule has 28 heavy (non-hydrogen) atoms. The summed E-state index contributed by atoms with van der Waals surface area (Å²) < 4.78 is 51.9. The van der Waals surface area contributed by atoms with Crippen LogP contribution in [-0.4, -0.2) is 16.1 Å². The van der Waals surface area contributed by atoms with Gasteiger partial charge in [-0.3, -0.25) is 4.79 Å². The highest BCUT2D eigenvalue weighted by molar-refractivity contribution is 6.03. The zero-order valence-corrected chi connectivity index (χ0v) is 14.3. The Morgan fingerprint density at radius 3 is 2.29 bits per heavy atom. The number of benzene rings is 2. The van der Waals surface area contributed by atoms with Crippen molar-refractivity contribution >= 4 is 17.4 Å². The van der Waals surface area contributed by atoms with Crippen LogP contribution in [0.4, 0.5) is 29.1 Å². The summed E-state index contributed by atoms with van der Waals surface area (Å²) in [5, 5.41) is 12.7. The number of halogens is 4. The predicted octanol–water partition coefficient (Wildman–Crippen LogP) is 4.50. The summed E-state index contributed by atoms with van der Waals surface area (Å²) in [6, 6.07) is 13.3. The minimum atomic E-state index is -4.59. The SMILES string of the molecule is O=C(Nc1ccccc1C(F)(F)F)c1ccc(NCc2ccc(F)cc2)nn1. The van der Waals surface area contributed by atoms with Crippen LogP contribution in [0.5, 0.6) is 0 Å². The van der Waals surface area contributed by atoms with E-state index in [9.17, 15) is 22.4 Å². The molecule has 1 amide bonds. The van der Waals surface area contributed by atoms with E-state index in [2.05, 4.69) is 20.8 Å². The van der Waals surface area contributed by atoms with Gasteiger partial charge in [0.15, 0.2) is 5.69 Å². The molecule has 2 N–H and O–H groups in total. The van der Waals surface area contributed by atoms with Crippen LogP contribution >= 0.6 is 0 Å². The molecule has 0 fully saturated rings. The maximum atomic E-state index is 13.0. The third kappa shape index (κ3) is 4.81. The summed E-state index contributed by atoms with van der Waals surface area (Å²) in [4.78, 5) is 12.2. The van der Waals surface area contributed by atoms with E-state index < -0.39 is 17.6 Å². The molecule has 5 nitrogen and oxygen atoms in total. The van der Waals surface area contributed by atoms with Crippen LogP contribution in [0.15, 0.2) is 60.7 Å². The second-order valence-corrected chi connectivity index (χ2v) is 5.78. The van der Waals surface area contributed by atoms with E-state index in [-0.39, 0.29) is 17.2 Å². The van der Waals surface area contributed by atoms with Crippen LogP contribution in [0.1, 0.15) is 21.6 Å². The number of nitrogens with zero attached hydrogens (tertiary/aromatic N) is 2. The molecule has 0 aliphatic rings. The number of anilines is 2. The van der Waals surface area contributed by atoms with E-state index in [1.165, 1.54) is 36.4 Å². The zero-order chi connectivity index (χ0) is 20.1. The lowest BCUT2D eigenvalue weighted by Gasteiger charge is -2.13. The second kappa shape index (κ2) is 8.03. The van der Waals surface area contributed by atoms with Gasteiger partial charge in [0.1, 0.15) is 11.6 Å². The Hall–Kier alpha value is -3.49. The number of hydrogen-bond donors (Lipinski definition) is 2. The van der Waals surface area contributed by atoms with Crippen LogP contribution in [0, 0.1) is 5.82 Å². The van der Waals surface area contributed by atoms with Crippen molar-refractivity contribution in [1.29, 1.82) is 0 Å². The monoisotopic (exact) mass is 390 g/mol. The topological polar surface area (TPSA) is 66.9 Å². The molecule has 9 heteroatoms. The van der Waals surface area contributed by atoms with Crippen molar-refractivity contribution in [3.8, 4) is 0 Å². The molecule has 3 rings (SSSR count). The van der Waals surface area contributed by atoms with E-state index in [4.69, 9.17) is 0 Å². The normalized spacial score (nSPS) is 11.1. The summed E-state index contributed by atoms with van der Waals surface area (Å²) in [7, 11) is 0. The third-order valence-electron chi connectivity index (χ3n) is 3.76. The molecule has 144 valence electrons. The van der Waals surface area contributed by atoms with Crippen molar-refractivity contribution in [2.24, 2.45) is 0 Å². The Bertz CT molecular complexity index is 957. The fraction of sp³-hybridized carbons (Fsp3) is 0.105. The Morgan fingerprint density at radius 1 is 0.929 bits per heavy atom. The lowest BCUT2D eigenvalue weighted by Crippen LogP contribution is -2.18. The van der Waals surface area contributed by atoms with Crippen LogP contribution in [0.3, 0.4) is 0 Å². The number of aromatic nitrogens is 2. The first-order valence-electron chi connectivity index (χ1n) is 8.12. The van der Waals surface area contributed by atoms with Gasteiger partial charge >= 0.3 is 6.18 Å². The molecule has 0 aliphatic carbocycles. The van der Waals surface area contributed by atoms with Crippen molar-refractivity contribution in [2.45, 2.75) is 12.7 Å². The van der Waals surface area contributed by atoms with Gasteiger partial charge in [0.2, 0.25) is 0 Å². The van der Waals surface area contributed by atoms with Gasteiger partial charge in [-0.1, -0.05) is 24.3 Å². The van der Waals surface area contributed by atoms with Gasteiger partial charge in [-0.05, 0) is 42.0 Å². The van der Waals surface area contributed by atoms with Crippen molar-refractivity contribution < 1.29 is 22.4 Å². The van der Waals surface area contributed by atoms with E-state index in [1.807, 2.05) is 0 Å². The first-order chi connectivity index (χ1) is 13.3. The van der Waals surface area contributed by atoms with Crippen LogP contribution in [0.2, 0.25) is 0 Å². The van der Waals surface area contributed by atoms with E-state index in [0.717, 1.165) is 17.7 Å². The zero-order valence-electron chi connectivity index (χ0n) is 14.3. The summed E-state index contributed by atoms with van der Waals surface area (Å²) in [5.41, 5.74) is -0.632. The second-order valence-electron chi connectivity index (χ2n) is 5.78. The molecule has 0 atom stereocenters. The highest BCUT2D eigenvalue weighted by atomic mass is 19.4. The number of para-hydroxylation sites is 1. The number of nitrogens with one attached hydrogen (secondary N) is 2. The van der Waals surface area contributed by atoms with Crippen LogP contribution in [0.25, 0.3) is 0 Å². The van der Waals surface area contributed by atoms with Crippen molar-refractivity contribution in [1.82, 2.24) is 10.2 Å².